The van der Waals surface area contributed by atoms with E-state index in [1.165, 1.54) is 0 Å². The average Bonchev–Trinajstić information content (AvgIpc) is 3.26. The van der Waals surface area contributed by atoms with Crippen LogP contribution < -0.4 is 10.6 Å². The van der Waals surface area contributed by atoms with Gasteiger partial charge in [0.2, 0.25) is 0 Å². The third-order valence-corrected chi connectivity index (χ3v) is 5.89. The maximum Gasteiger partial charge on any atom is 0.255 e. The fraction of sp³-hybridized carbons (Fsp3) is 0.391. The van der Waals surface area contributed by atoms with E-state index in [1.807, 2.05) is 42.2 Å². The standard InChI is InChI=1S/C23H28N4O2/c1-17-7-8-19(15-21(17)25-22(28)18-5-3-2-4-6-18)23(29)27-12-9-20(16-27)26-13-10-24-11-14-26/h2-8,15,20,24H,9-14,16H2,1H3,(H,25,28). The van der Waals surface area contributed by atoms with Crippen LogP contribution in [-0.4, -0.2) is 66.9 Å². The fourth-order valence-corrected chi connectivity index (χ4v) is 4.13. The molecule has 0 radical (unpaired) electrons. The van der Waals surface area contributed by atoms with Crippen molar-refractivity contribution >= 4 is 17.5 Å². The number of amides is 2. The van der Waals surface area contributed by atoms with Gasteiger partial charge in [0.05, 0.1) is 0 Å². The number of hydrogen-bond donors (Lipinski definition) is 2. The molecule has 2 aliphatic heterocycles. The van der Waals surface area contributed by atoms with Gasteiger partial charge in [-0.25, -0.2) is 0 Å². The number of rotatable bonds is 4. The van der Waals surface area contributed by atoms with E-state index in [1.54, 1.807) is 18.2 Å². The zero-order valence-electron chi connectivity index (χ0n) is 16.9. The summed E-state index contributed by atoms with van der Waals surface area (Å²) in [5.41, 5.74) is 2.84. The Morgan fingerprint density at radius 2 is 1.76 bits per heavy atom. The molecule has 6 nitrogen and oxygen atoms in total. The summed E-state index contributed by atoms with van der Waals surface area (Å²) in [6, 6.07) is 15.1. The van der Waals surface area contributed by atoms with Crippen LogP contribution in [0.15, 0.2) is 48.5 Å². The molecule has 4 rings (SSSR count). The van der Waals surface area contributed by atoms with E-state index in [-0.39, 0.29) is 11.8 Å². The minimum Gasteiger partial charge on any atom is -0.337 e. The van der Waals surface area contributed by atoms with E-state index in [4.69, 9.17) is 0 Å². The Kier molecular flexibility index (Phi) is 5.92. The second kappa shape index (κ2) is 8.76. The van der Waals surface area contributed by atoms with Crippen LogP contribution in [0.5, 0.6) is 0 Å². The highest BCUT2D eigenvalue weighted by molar-refractivity contribution is 6.05. The Labute approximate surface area is 171 Å². The zero-order chi connectivity index (χ0) is 20.2. The summed E-state index contributed by atoms with van der Waals surface area (Å²) in [4.78, 5) is 30.0. The van der Waals surface area contributed by atoms with Crippen molar-refractivity contribution in [3.8, 4) is 0 Å². The van der Waals surface area contributed by atoms with E-state index in [0.29, 0.717) is 22.9 Å². The molecule has 0 aromatic heterocycles. The molecule has 2 aromatic rings. The van der Waals surface area contributed by atoms with Crippen molar-refractivity contribution in [2.24, 2.45) is 0 Å². The van der Waals surface area contributed by atoms with Gasteiger partial charge in [0.25, 0.3) is 11.8 Å². The lowest BCUT2D eigenvalue weighted by molar-refractivity contribution is 0.0773. The van der Waals surface area contributed by atoms with Gasteiger partial charge in [-0.2, -0.15) is 0 Å². The van der Waals surface area contributed by atoms with Crippen LogP contribution in [0, 0.1) is 6.92 Å². The zero-order valence-corrected chi connectivity index (χ0v) is 16.9. The number of hydrogen-bond acceptors (Lipinski definition) is 4. The normalized spacial score (nSPS) is 19.9. The summed E-state index contributed by atoms with van der Waals surface area (Å²) in [6.07, 6.45) is 1.02. The number of nitrogens with zero attached hydrogens (tertiary/aromatic N) is 2. The van der Waals surface area contributed by atoms with Gasteiger partial charge in [-0.05, 0) is 43.2 Å². The minimum absolute atomic E-state index is 0.0397. The fourth-order valence-electron chi connectivity index (χ4n) is 4.13. The quantitative estimate of drug-likeness (QED) is 0.839. The highest BCUT2D eigenvalue weighted by Crippen LogP contribution is 2.22. The van der Waals surface area contributed by atoms with Crippen molar-refractivity contribution < 1.29 is 9.59 Å². The molecule has 152 valence electrons. The summed E-state index contributed by atoms with van der Waals surface area (Å²) >= 11 is 0. The number of nitrogens with one attached hydrogen (secondary N) is 2. The van der Waals surface area contributed by atoms with Gasteiger partial charge < -0.3 is 15.5 Å². The lowest BCUT2D eigenvalue weighted by atomic mass is 10.1. The maximum absolute atomic E-state index is 13.1. The molecule has 0 bridgehead atoms. The largest absolute Gasteiger partial charge is 0.337 e. The lowest BCUT2D eigenvalue weighted by Crippen LogP contribution is -2.49. The SMILES string of the molecule is Cc1ccc(C(=O)N2CCC(N3CCNCC3)C2)cc1NC(=O)c1ccccc1. The number of carbonyl (C=O) groups is 2. The Morgan fingerprint density at radius 1 is 1.00 bits per heavy atom. The molecule has 0 aliphatic carbocycles. The minimum atomic E-state index is -0.168. The molecule has 2 aromatic carbocycles. The van der Waals surface area contributed by atoms with Crippen molar-refractivity contribution in [1.29, 1.82) is 0 Å². The monoisotopic (exact) mass is 392 g/mol. The van der Waals surface area contributed by atoms with Crippen molar-refractivity contribution in [2.75, 3.05) is 44.6 Å². The number of carbonyl (C=O) groups excluding carboxylic acids is 2. The smallest absolute Gasteiger partial charge is 0.255 e. The second-order valence-electron chi connectivity index (χ2n) is 7.83. The summed E-state index contributed by atoms with van der Waals surface area (Å²) in [7, 11) is 0. The first-order valence-electron chi connectivity index (χ1n) is 10.3. The molecule has 29 heavy (non-hydrogen) atoms. The molecule has 2 aliphatic rings. The van der Waals surface area contributed by atoms with Crippen molar-refractivity contribution in [1.82, 2.24) is 15.1 Å². The molecule has 2 heterocycles. The molecule has 2 amide bonds. The number of aryl methyl sites for hydroxylation is 1. The van der Waals surface area contributed by atoms with Gasteiger partial charge in [0.15, 0.2) is 0 Å². The van der Waals surface area contributed by atoms with Crippen molar-refractivity contribution in [3.05, 3.63) is 65.2 Å². The first kappa shape index (κ1) is 19.6. The van der Waals surface area contributed by atoms with E-state index >= 15 is 0 Å². The predicted octanol–water partition coefficient (Wildman–Crippen LogP) is 2.37. The Morgan fingerprint density at radius 3 is 2.52 bits per heavy atom. The maximum atomic E-state index is 13.1. The molecular weight excluding hydrogens is 364 g/mol. The Hall–Kier alpha value is -2.70. The molecule has 0 saturated carbocycles. The molecule has 1 atom stereocenters. The molecule has 6 heteroatoms. The van der Waals surface area contributed by atoms with Gasteiger partial charge >= 0.3 is 0 Å². The van der Waals surface area contributed by atoms with E-state index < -0.39 is 0 Å². The van der Waals surface area contributed by atoms with Gasteiger partial charge in [-0.3, -0.25) is 14.5 Å². The molecule has 0 spiro atoms. The third kappa shape index (κ3) is 4.49. The molecule has 2 saturated heterocycles. The van der Waals surface area contributed by atoms with E-state index in [9.17, 15) is 9.59 Å². The van der Waals surface area contributed by atoms with Crippen LogP contribution in [0.2, 0.25) is 0 Å². The van der Waals surface area contributed by atoms with Crippen LogP contribution in [0.1, 0.15) is 32.7 Å². The van der Waals surface area contributed by atoms with Crippen LogP contribution in [-0.2, 0) is 0 Å². The van der Waals surface area contributed by atoms with E-state index in [2.05, 4.69) is 15.5 Å². The topological polar surface area (TPSA) is 64.7 Å². The summed E-state index contributed by atoms with van der Waals surface area (Å²) in [5.74, 6) is -0.129. The summed E-state index contributed by atoms with van der Waals surface area (Å²) in [6.45, 7) is 7.64. The number of benzene rings is 2. The average molecular weight is 393 g/mol. The van der Waals surface area contributed by atoms with E-state index in [0.717, 1.165) is 51.3 Å². The highest BCUT2D eigenvalue weighted by Gasteiger charge is 2.31. The van der Waals surface area contributed by atoms with Crippen molar-refractivity contribution in [2.45, 2.75) is 19.4 Å². The van der Waals surface area contributed by atoms with Gasteiger partial charge in [-0.15, -0.1) is 0 Å². The lowest BCUT2D eigenvalue weighted by Gasteiger charge is -2.32. The van der Waals surface area contributed by atoms with Crippen LogP contribution in [0.4, 0.5) is 5.69 Å². The molecule has 2 N–H and O–H groups in total. The number of likely N-dealkylation sites (tertiary alicyclic amines) is 1. The Bertz CT molecular complexity index is 878. The number of piperazine rings is 1. The summed E-state index contributed by atoms with van der Waals surface area (Å²) in [5, 5.41) is 6.33. The first-order valence-corrected chi connectivity index (χ1v) is 10.3. The third-order valence-electron chi connectivity index (χ3n) is 5.89. The molecule has 1 unspecified atom stereocenters. The van der Waals surface area contributed by atoms with Crippen LogP contribution in [0.25, 0.3) is 0 Å². The van der Waals surface area contributed by atoms with Gasteiger partial charge in [-0.1, -0.05) is 24.3 Å². The predicted molar refractivity (Wildman–Crippen MR) is 114 cm³/mol. The molecular formula is C23H28N4O2. The first-order chi connectivity index (χ1) is 14.1. The van der Waals surface area contributed by atoms with Gasteiger partial charge in [0.1, 0.15) is 0 Å². The highest BCUT2D eigenvalue weighted by atomic mass is 16.2. The molecule has 2 fully saturated rings. The Balaban J connectivity index is 1.44. The van der Waals surface area contributed by atoms with Gasteiger partial charge in [0, 0.05) is 62.1 Å². The van der Waals surface area contributed by atoms with Crippen molar-refractivity contribution in [3.63, 3.8) is 0 Å². The number of anilines is 1. The van der Waals surface area contributed by atoms with Crippen LogP contribution in [0.3, 0.4) is 0 Å². The van der Waals surface area contributed by atoms with Crippen LogP contribution >= 0.6 is 0 Å². The summed E-state index contributed by atoms with van der Waals surface area (Å²) < 4.78 is 0. The second-order valence-corrected chi connectivity index (χ2v) is 7.83.